The number of nitrogens with two attached hydrogens (primary N) is 1. The van der Waals surface area contributed by atoms with Crippen LogP contribution in [0.5, 0.6) is 0 Å². The lowest BCUT2D eigenvalue weighted by Gasteiger charge is -2.06. The van der Waals surface area contributed by atoms with Crippen molar-refractivity contribution < 1.29 is 8.42 Å². The van der Waals surface area contributed by atoms with Crippen LogP contribution >= 0.6 is 11.3 Å². The van der Waals surface area contributed by atoms with Crippen LogP contribution in [-0.4, -0.2) is 23.6 Å². The quantitative estimate of drug-likeness (QED) is 0.783. The third-order valence-electron chi connectivity index (χ3n) is 3.49. The fourth-order valence-electron chi connectivity index (χ4n) is 2.53. The van der Waals surface area contributed by atoms with Crippen LogP contribution in [0.2, 0.25) is 0 Å². The molecule has 0 unspecified atom stereocenters. The first-order chi connectivity index (χ1) is 10.0. The van der Waals surface area contributed by atoms with Crippen LogP contribution in [0.3, 0.4) is 0 Å². The maximum Gasteiger partial charge on any atom is 0.267 e. The molecule has 0 radical (unpaired) electrons. The number of aryl methyl sites for hydroxylation is 3. The number of aromatic nitrogens is 3. The number of hydrogen-bond donors (Lipinski definition) is 3. The van der Waals surface area contributed by atoms with Crippen molar-refractivity contribution in [3.63, 3.8) is 0 Å². The second-order valence-electron chi connectivity index (χ2n) is 5.03. The van der Waals surface area contributed by atoms with E-state index in [-0.39, 0.29) is 11.4 Å². The Kier molecular flexibility index (Phi) is 3.72. The van der Waals surface area contributed by atoms with Gasteiger partial charge in [-0.15, -0.1) is 11.3 Å². The van der Waals surface area contributed by atoms with Gasteiger partial charge in [0.2, 0.25) is 0 Å². The molecule has 2 aromatic rings. The van der Waals surface area contributed by atoms with Crippen molar-refractivity contribution in [2.75, 3.05) is 4.72 Å². The van der Waals surface area contributed by atoms with Gasteiger partial charge in [-0.3, -0.25) is 9.82 Å². The molecule has 9 heteroatoms. The third kappa shape index (κ3) is 2.68. The summed E-state index contributed by atoms with van der Waals surface area (Å²) in [6, 6.07) is 0. The maximum atomic E-state index is 12.5. The van der Waals surface area contributed by atoms with E-state index in [4.69, 9.17) is 5.73 Å². The number of H-pyrrole nitrogens is 1. The van der Waals surface area contributed by atoms with Crippen LogP contribution < -0.4 is 10.5 Å². The lowest BCUT2D eigenvalue weighted by atomic mass is 10.0. The molecule has 0 bridgehead atoms. The van der Waals surface area contributed by atoms with E-state index in [0.717, 1.165) is 31.4 Å². The Hall–Kier alpha value is -1.45. The topological polar surface area (TPSA) is 114 Å². The van der Waals surface area contributed by atoms with Crippen molar-refractivity contribution in [2.24, 2.45) is 5.73 Å². The molecule has 2 aromatic heterocycles. The van der Waals surface area contributed by atoms with Gasteiger partial charge in [0, 0.05) is 11.4 Å². The summed E-state index contributed by atoms with van der Waals surface area (Å²) >= 11 is 1.42. The molecule has 2 heterocycles. The third-order valence-corrected chi connectivity index (χ3v) is 6.23. The zero-order chi connectivity index (χ0) is 15.0. The van der Waals surface area contributed by atoms with Crippen molar-refractivity contribution in [3.8, 4) is 0 Å². The van der Waals surface area contributed by atoms with Crippen molar-refractivity contribution in [2.45, 2.75) is 44.0 Å². The van der Waals surface area contributed by atoms with Gasteiger partial charge in [-0.1, -0.05) is 0 Å². The lowest BCUT2D eigenvalue weighted by molar-refractivity contribution is 0.599. The van der Waals surface area contributed by atoms with Gasteiger partial charge in [-0.25, -0.2) is 13.4 Å². The average molecular weight is 327 g/mol. The summed E-state index contributed by atoms with van der Waals surface area (Å²) in [7, 11) is -3.72. The number of rotatable bonds is 4. The van der Waals surface area contributed by atoms with E-state index in [1.165, 1.54) is 16.2 Å². The molecule has 0 saturated heterocycles. The van der Waals surface area contributed by atoms with Gasteiger partial charge in [0.05, 0.1) is 17.1 Å². The Bertz CT molecular complexity index is 739. The largest absolute Gasteiger partial charge is 0.325 e. The molecule has 114 valence electrons. The van der Waals surface area contributed by atoms with Gasteiger partial charge in [-0.2, -0.15) is 5.10 Å². The molecule has 1 aliphatic rings. The number of nitrogens with zero attached hydrogens (tertiary/aromatic N) is 2. The van der Waals surface area contributed by atoms with Crippen molar-refractivity contribution in [1.29, 1.82) is 0 Å². The lowest BCUT2D eigenvalue weighted by Crippen LogP contribution is -2.16. The monoisotopic (exact) mass is 327 g/mol. The SMILES string of the molecule is Cc1[nH]nc(CN)c1S(=O)(=O)Nc1nc2c(s1)CCCC2. The van der Waals surface area contributed by atoms with Crippen LogP contribution in [-0.2, 0) is 29.4 Å². The second kappa shape index (κ2) is 5.39. The van der Waals surface area contributed by atoms with Gasteiger partial charge >= 0.3 is 0 Å². The smallest absolute Gasteiger partial charge is 0.267 e. The second-order valence-corrected chi connectivity index (χ2v) is 7.73. The van der Waals surface area contributed by atoms with E-state index < -0.39 is 10.0 Å². The predicted octanol–water partition coefficient (Wildman–Crippen LogP) is 1.31. The first-order valence-corrected chi connectivity index (χ1v) is 9.06. The van der Waals surface area contributed by atoms with E-state index in [1.807, 2.05) is 0 Å². The molecule has 0 saturated carbocycles. The van der Waals surface area contributed by atoms with E-state index in [1.54, 1.807) is 6.92 Å². The zero-order valence-corrected chi connectivity index (χ0v) is 13.3. The van der Waals surface area contributed by atoms with Gasteiger partial charge in [-0.05, 0) is 32.6 Å². The van der Waals surface area contributed by atoms with Crippen molar-refractivity contribution >= 4 is 26.5 Å². The maximum absolute atomic E-state index is 12.5. The highest BCUT2D eigenvalue weighted by Gasteiger charge is 2.26. The first-order valence-electron chi connectivity index (χ1n) is 6.76. The zero-order valence-electron chi connectivity index (χ0n) is 11.6. The Morgan fingerprint density at radius 1 is 1.38 bits per heavy atom. The summed E-state index contributed by atoms with van der Waals surface area (Å²) in [6.07, 6.45) is 4.15. The molecular weight excluding hydrogens is 310 g/mol. The van der Waals surface area contributed by atoms with Crippen LogP contribution in [0.25, 0.3) is 0 Å². The summed E-state index contributed by atoms with van der Waals surface area (Å²) in [5.41, 5.74) is 7.38. The van der Waals surface area contributed by atoms with Crippen molar-refractivity contribution in [3.05, 3.63) is 22.0 Å². The van der Waals surface area contributed by atoms with Crippen LogP contribution in [0.15, 0.2) is 4.90 Å². The highest BCUT2D eigenvalue weighted by molar-refractivity contribution is 7.93. The molecule has 0 amide bonds. The molecule has 3 rings (SSSR count). The fourth-order valence-corrected chi connectivity index (χ4v) is 5.19. The molecule has 0 aromatic carbocycles. The van der Waals surface area contributed by atoms with Gasteiger partial charge in [0.1, 0.15) is 4.90 Å². The van der Waals surface area contributed by atoms with Crippen LogP contribution in [0.1, 0.15) is 34.8 Å². The van der Waals surface area contributed by atoms with E-state index in [2.05, 4.69) is 19.9 Å². The van der Waals surface area contributed by atoms with E-state index in [0.29, 0.717) is 16.5 Å². The summed E-state index contributed by atoms with van der Waals surface area (Å²) < 4.78 is 27.6. The standard InChI is InChI=1S/C12H17N5O2S2/c1-7-11(9(6-13)16-15-7)21(18,19)17-12-14-8-4-2-3-5-10(8)20-12/h2-6,13H2,1H3,(H,14,17)(H,15,16). The van der Waals surface area contributed by atoms with Crippen LogP contribution in [0.4, 0.5) is 5.13 Å². The van der Waals surface area contributed by atoms with Crippen molar-refractivity contribution in [1.82, 2.24) is 15.2 Å². The Morgan fingerprint density at radius 2 is 2.14 bits per heavy atom. The summed E-state index contributed by atoms with van der Waals surface area (Å²) in [5.74, 6) is 0. The molecule has 0 aliphatic heterocycles. The molecule has 0 fully saturated rings. The minimum atomic E-state index is -3.72. The van der Waals surface area contributed by atoms with Crippen LogP contribution in [0, 0.1) is 6.92 Å². The Balaban J connectivity index is 1.92. The molecule has 7 nitrogen and oxygen atoms in total. The number of fused-ring (bicyclic) bond motifs is 1. The Morgan fingerprint density at radius 3 is 2.86 bits per heavy atom. The normalized spacial score (nSPS) is 15.0. The molecular formula is C12H17N5O2S2. The first kappa shape index (κ1) is 14.5. The van der Waals surface area contributed by atoms with E-state index in [9.17, 15) is 8.42 Å². The minimum absolute atomic E-state index is 0.0644. The van der Waals surface area contributed by atoms with Gasteiger partial charge in [0.15, 0.2) is 5.13 Å². The number of aromatic amines is 1. The number of thiazole rings is 1. The fraction of sp³-hybridized carbons (Fsp3) is 0.500. The number of hydrogen-bond acceptors (Lipinski definition) is 6. The molecule has 0 spiro atoms. The molecule has 21 heavy (non-hydrogen) atoms. The number of anilines is 1. The summed E-state index contributed by atoms with van der Waals surface area (Å²) in [5, 5.41) is 7.01. The number of sulfonamides is 1. The highest BCUT2D eigenvalue weighted by atomic mass is 32.2. The molecule has 0 atom stereocenters. The van der Waals surface area contributed by atoms with Gasteiger partial charge < -0.3 is 5.73 Å². The summed E-state index contributed by atoms with van der Waals surface area (Å²) in [4.78, 5) is 5.70. The molecule has 1 aliphatic carbocycles. The average Bonchev–Trinajstić information content (AvgIpc) is 3.00. The Labute approximate surface area is 127 Å². The summed E-state index contributed by atoms with van der Waals surface area (Å²) in [6.45, 7) is 1.72. The number of nitrogens with one attached hydrogen (secondary N) is 2. The van der Waals surface area contributed by atoms with E-state index >= 15 is 0 Å². The highest BCUT2D eigenvalue weighted by Crippen LogP contribution is 2.31. The minimum Gasteiger partial charge on any atom is -0.325 e. The molecule has 4 N–H and O–H groups in total. The van der Waals surface area contributed by atoms with Gasteiger partial charge in [0.25, 0.3) is 10.0 Å². The predicted molar refractivity (Wildman–Crippen MR) is 80.8 cm³/mol.